The predicted molar refractivity (Wildman–Crippen MR) is 79.1 cm³/mol. The van der Waals surface area contributed by atoms with Crippen LogP contribution < -0.4 is 10.1 Å². The van der Waals surface area contributed by atoms with Gasteiger partial charge in [0.2, 0.25) is 0 Å². The average molecular weight is 271 g/mol. The lowest BCUT2D eigenvalue weighted by atomic mass is 9.97. The first-order valence-electron chi connectivity index (χ1n) is 6.31. The third-order valence-electron chi connectivity index (χ3n) is 3.15. The van der Waals surface area contributed by atoms with Crippen molar-refractivity contribution in [3.8, 4) is 5.75 Å². The molecule has 0 saturated heterocycles. The summed E-state index contributed by atoms with van der Waals surface area (Å²) in [5.41, 5.74) is 0.639. The van der Waals surface area contributed by atoms with Crippen LogP contribution >= 0.6 is 0 Å². The average Bonchev–Trinajstić information content (AvgIpc) is 2.47. The van der Waals surface area contributed by atoms with Gasteiger partial charge in [0.25, 0.3) is 0 Å². The van der Waals surface area contributed by atoms with Gasteiger partial charge in [-0.25, -0.2) is 0 Å². The van der Waals surface area contributed by atoms with Crippen molar-refractivity contribution in [2.45, 2.75) is 6.04 Å². The fourth-order valence-electron chi connectivity index (χ4n) is 2.27. The van der Waals surface area contributed by atoms with Crippen LogP contribution in [0.3, 0.4) is 0 Å². The topological polar surface area (TPSA) is 58.6 Å². The van der Waals surface area contributed by atoms with Gasteiger partial charge in [-0.2, -0.15) is 0 Å². The van der Waals surface area contributed by atoms with E-state index < -0.39 is 12.0 Å². The summed E-state index contributed by atoms with van der Waals surface area (Å²) in [5.74, 6) is -0.380. The van der Waals surface area contributed by atoms with Crippen LogP contribution in [0.1, 0.15) is 11.6 Å². The molecule has 104 valence electrons. The van der Waals surface area contributed by atoms with E-state index in [1.807, 2.05) is 30.3 Å². The number of carboxylic acids is 1. The van der Waals surface area contributed by atoms with E-state index in [4.69, 9.17) is 4.74 Å². The first kappa shape index (κ1) is 14.1. The van der Waals surface area contributed by atoms with Crippen LogP contribution in [0.5, 0.6) is 5.75 Å². The Balaban J connectivity index is 2.64. The van der Waals surface area contributed by atoms with Crippen LogP contribution in [0, 0.1) is 0 Å². The minimum Gasteiger partial charge on any atom is -0.496 e. The van der Waals surface area contributed by atoms with Gasteiger partial charge in [0.05, 0.1) is 7.11 Å². The second-order valence-corrected chi connectivity index (χ2v) is 4.37. The number of rotatable bonds is 6. The quantitative estimate of drug-likeness (QED) is 0.793. The summed E-state index contributed by atoms with van der Waals surface area (Å²) in [5, 5.41) is 14.3. The highest BCUT2D eigenvalue weighted by molar-refractivity contribution is 5.92. The molecule has 2 aromatic rings. The lowest BCUT2D eigenvalue weighted by Gasteiger charge is -2.19. The molecule has 2 rings (SSSR count). The van der Waals surface area contributed by atoms with Crippen LogP contribution in [0.25, 0.3) is 10.8 Å². The molecule has 0 aliphatic heterocycles. The van der Waals surface area contributed by atoms with Crippen molar-refractivity contribution in [3.05, 3.63) is 54.6 Å². The predicted octanol–water partition coefficient (Wildman–Crippen LogP) is 2.75. The highest BCUT2D eigenvalue weighted by Crippen LogP contribution is 2.33. The smallest absolute Gasteiger partial charge is 0.325 e. The summed E-state index contributed by atoms with van der Waals surface area (Å²) in [6.45, 7) is 4.01. The summed E-state index contributed by atoms with van der Waals surface area (Å²) in [6, 6.07) is 10.5. The van der Waals surface area contributed by atoms with Gasteiger partial charge < -0.3 is 9.84 Å². The standard InChI is InChI=1S/C16H17NO3/c1-3-10-17-15(16(18)19)14-12-7-5-4-6-11(12)8-9-13(14)20-2/h3-9,15,17H,1,10H2,2H3,(H,18,19). The van der Waals surface area contributed by atoms with E-state index in [1.54, 1.807) is 19.3 Å². The molecule has 0 heterocycles. The number of aliphatic carboxylic acids is 1. The van der Waals surface area contributed by atoms with Crippen LogP contribution in [-0.4, -0.2) is 24.7 Å². The van der Waals surface area contributed by atoms with Gasteiger partial charge in [0.15, 0.2) is 0 Å². The molecule has 4 heteroatoms. The Morgan fingerprint density at radius 1 is 1.40 bits per heavy atom. The van der Waals surface area contributed by atoms with Crippen LogP contribution in [0.15, 0.2) is 49.1 Å². The third-order valence-corrected chi connectivity index (χ3v) is 3.15. The highest BCUT2D eigenvalue weighted by atomic mass is 16.5. The van der Waals surface area contributed by atoms with Crippen LogP contribution in [-0.2, 0) is 4.79 Å². The summed E-state index contributed by atoms with van der Waals surface area (Å²) >= 11 is 0. The zero-order valence-corrected chi connectivity index (χ0v) is 11.3. The van der Waals surface area contributed by atoms with Crippen molar-refractivity contribution in [1.82, 2.24) is 5.32 Å². The van der Waals surface area contributed by atoms with Gasteiger partial charge in [0.1, 0.15) is 11.8 Å². The Kier molecular flexibility index (Phi) is 4.38. The van der Waals surface area contributed by atoms with Gasteiger partial charge in [-0.15, -0.1) is 6.58 Å². The van der Waals surface area contributed by atoms with Crippen molar-refractivity contribution in [2.75, 3.05) is 13.7 Å². The number of nitrogens with one attached hydrogen (secondary N) is 1. The Bertz CT molecular complexity index is 637. The van der Waals surface area contributed by atoms with Crippen molar-refractivity contribution >= 4 is 16.7 Å². The maximum atomic E-state index is 11.6. The minimum absolute atomic E-state index is 0.406. The molecule has 0 radical (unpaired) electrons. The molecule has 0 aliphatic carbocycles. The molecule has 0 spiro atoms. The van der Waals surface area contributed by atoms with Crippen molar-refractivity contribution in [3.63, 3.8) is 0 Å². The van der Waals surface area contributed by atoms with Crippen LogP contribution in [0.4, 0.5) is 0 Å². The van der Waals surface area contributed by atoms with Crippen molar-refractivity contribution in [1.29, 1.82) is 0 Å². The summed E-state index contributed by atoms with van der Waals surface area (Å²) in [7, 11) is 1.54. The van der Waals surface area contributed by atoms with E-state index in [0.717, 1.165) is 10.8 Å². The number of hydrogen-bond acceptors (Lipinski definition) is 3. The van der Waals surface area contributed by atoms with Gasteiger partial charge in [-0.3, -0.25) is 10.1 Å². The molecule has 20 heavy (non-hydrogen) atoms. The van der Waals surface area contributed by atoms with E-state index in [0.29, 0.717) is 17.9 Å². The number of carbonyl (C=O) groups is 1. The van der Waals surface area contributed by atoms with Crippen LogP contribution in [0.2, 0.25) is 0 Å². The molecule has 2 aromatic carbocycles. The number of hydrogen-bond donors (Lipinski definition) is 2. The van der Waals surface area contributed by atoms with E-state index in [2.05, 4.69) is 11.9 Å². The minimum atomic E-state index is -0.943. The number of carboxylic acid groups (broad SMARTS) is 1. The fourth-order valence-corrected chi connectivity index (χ4v) is 2.27. The fraction of sp³-hybridized carbons (Fsp3) is 0.188. The SMILES string of the molecule is C=CCNC(C(=O)O)c1c(OC)ccc2ccccc12. The Morgan fingerprint density at radius 2 is 2.15 bits per heavy atom. The van der Waals surface area contributed by atoms with E-state index in [-0.39, 0.29) is 0 Å². The normalized spacial score (nSPS) is 12.1. The first-order valence-corrected chi connectivity index (χ1v) is 6.31. The van der Waals surface area contributed by atoms with Gasteiger partial charge in [-0.1, -0.05) is 36.4 Å². The maximum absolute atomic E-state index is 11.6. The van der Waals surface area contributed by atoms with E-state index in [1.165, 1.54) is 0 Å². The number of methoxy groups -OCH3 is 1. The van der Waals surface area contributed by atoms with Gasteiger partial charge in [0, 0.05) is 12.1 Å². The lowest BCUT2D eigenvalue weighted by molar-refractivity contribution is -0.139. The Labute approximate surface area is 117 Å². The second kappa shape index (κ2) is 6.21. The zero-order valence-electron chi connectivity index (χ0n) is 11.3. The maximum Gasteiger partial charge on any atom is 0.325 e. The van der Waals surface area contributed by atoms with E-state index >= 15 is 0 Å². The monoisotopic (exact) mass is 271 g/mol. The molecule has 1 unspecified atom stereocenters. The lowest BCUT2D eigenvalue weighted by Crippen LogP contribution is -2.29. The summed E-state index contributed by atoms with van der Waals surface area (Å²) in [4.78, 5) is 11.6. The second-order valence-electron chi connectivity index (χ2n) is 4.37. The molecule has 1 atom stereocenters. The number of benzene rings is 2. The Morgan fingerprint density at radius 3 is 2.80 bits per heavy atom. The molecule has 0 aromatic heterocycles. The molecule has 2 N–H and O–H groups in total. The van der Waals surface area contributed by atoms with E-state index in [9.17, 15) is 9.90 Å². The number of ether oxygens (including phenoxy) is 1. The molecular weight excluding hydrogens is 254 g/mol. The molecule has 0 bridgehead atoms. The first-order chi connectivity index (χ1) is 9.69. The molecule has 0 saturated carbocycles. The molecular formula is C16H17NO3. The Hall–Kier alpha value is -2.33. The highest BCUT2D eigenvalue weighted by Gasteiger charge is 2.24. The van der Waals surface area contributed by atoms with Gasteiger partial charge >= 0.3 is 5.97 Å². The van der Waals surface area contributed by atoms with Crippen molar-refractivity contribution in [2.24, 2.45) is 0 Å². The molecule has 0 fully saturated rings. The van der Waals surface area contributed by atoms with Gasteiger partial charge in [-0.05, 0) is 16.8 Å². The summed E-state index contributed by atoms with van der Waals surface area (Å²) < 4.78 is 5.34. The summed E-state index contributed by atoms with van der Waals surface area (Å²) in [6.07, 6.45) is 1.63. The largest absolute Gasteiger partial charge is 0.496 e. The zero-order chi connectivity index (χ0) is 14.5. The molecule has 4 nitrogen and oxygen atoms in total. The molecule has 0 amide bonds. The molecule has 0 aliphatic rings. The third kappa shape index (κ3) is 2.65. The van der Waals surface area contributed by atoms with Crippen molar-refractivity contribution < 1.29 is 14.6 Å². The number of fused-ring (bicyclic) bond motifs is 1.